The maximum Gasteiger partial charge on any atom is 0.0717 e. The van der Waals surface area contributed by atoms with E-state index in [9.17, 15) is 19.8 Å². The number of benzene rings is 2. The van der Waals surface area contributed by atoms with Gasteiger partial charge in [0.15, 0.2) is 0 Å². The van der Waals surface area contributed by atoms with E-state index in [0.717, 1.165) is 11.1 Å². The van der Waals surface area contributed by atoms with Gasteiger partial charge in [-0.3, -0.25) is 0 Å². The first-order chi connectivity index (χ1) is 9.88. The molecule has 0 radical (unpaired) electrons. The first kappa shape index (κ1) is 14.8. The summed E-state index contributed by atoms with van der Waals surface area (Å²) in [6, 6.07) is 10.1. The second-order valence-electron chi connectivity index (χ2n) is 5.05. The number of aromatic carboxylic acids is 2. The minimum atomic E-state index is -1.19. The Bertz CT molecular complexity index is 655. The Kier molecular flexibility index (Phi) is 4.08. The van der Waals surface area contributed by atoms with Crippen LogP contribution < -0.4 is 10.2 Å². The Hall–Kier alpha value is -2.62. The number of carbonyl (C=O) groups excluding carboxylic acids is 2. The van der Waals surface area contributed by atoms with E-state index in [2.05, 4.69) is 0 Å². The second-order valence-corrected chi connectivity index (χ2v) is 5.05. The number of carboxylic acids is 2. The molecular weight excluding hydrogens is 268 g/mol. The van der Waals surface area contributed by atoms with Crippen LogP contribution in [-0.2, 0) is 6.42 Å². The normalized spacial score (nSPS) is 10.4. The molecule has 2 rings (SSSR count). The number of carboxylic acid groups (broad SMARTS) is 2. The Morgan fingerprint density at radius 2 is 1.19 bits per heavy atom. The Labute approximate surface area is 122 Å². The maximum absolute atomic E-state index is 10.9. The molecule has 21 heavy (non-hydrogen) atoms. The standard InChI is InChI=1S/C17H16O4/c1-10-7-12(3-5-14(10)16(18)19)9-13-4-6-15(17(20)21)11(2)8-13/h3-8H,9H2,1-2H3,(H,18,19)(H,20,21)/p-2. The minimum Gasteiger partial charge on any atom is -0.545 e. The van der Waals surface area contributed by atoms with E-state index < -0.39 is 11.9 Å². The molecule has 0 atom stereocenters. The zero-order valence-corrected chi connectivity index (χ0v) is 11.8. The lowest BCUT2D eigenvalue weighted by atomic mass is 9.97. The third-order valence-corrected chi connectivity index (χ3v) is 3.43. The average molecular weight is 282 g/mol. The molecule has 0 N–H and O–H groups in total. The topological polar surface area (TPSA) is 80.3 Å². The summed E-state index contributed by atoms with van der Waals surface area (Å²) in [4.78, 5) is 21.7. The van der Waals surface area contributed by atoms with Crippen molar-refractivity contribution in [2.45, 2.75) is 20.3 Å². The third-order valence-electron chi connectivity index (χ3n) is 3.43. The lowest BCUT2D eigenvalue weighted by Gasteiger charge is -2.11. The van der Waals surface area contributed by atoms with Gasteiger partial charge in [0, 0.05) is 11.1 Å². The molecule has 108 valence electrons. The highest BCUT2D eigenvalue weighted by molar-refractivity contribution is 5.88. The van der Waals surface area contributed by atoms with E-state index in [-0.39, 0.29) is 11.1 Å². The fourth-order valence-corrected chi connectivity index (χ4v) is 2.37. The van der Waals surface area contributed by atoms with Crippen LogP contribution in [0.5, 0.6) is 0 Å². The van der Waals surface area contributed by atoms with E-state index in [1.165, 1.54) is 12.1 Å². The largest absolute Gasteiger partial charge is 0.545 e. The molecule has 0 aromatic heterocycles. The van der Waals surface area contributed by atoms with Crippen molar-refractivity contribution in [3.8, 4) is 0 Å². The summed E-state index contributed by atoms with van der Waals surface area (Å²) < 4.78 is 0. The molecule has 0 heterocycles. The molecule has 0 spiro atoms. The number of rotatable bonds is 4. The fraction of sp³-hybridized carbons (Fsp3) is 0.176. The van der Waals surface area contributed by atoms with Gasteiger partial charge >= 0.3 is 0 Å². The van der Waals surface area contributed by atoms with Crippen molar-refractivity contribution in [1.82, 2.24) is 0 Å². The number of carbonyl (C=O) groups is 2. The maximum atomic E-state index is 10.9. The van der Waals surface area contributed by atoms with E-state index in [4.69, 9.17) is 0 Å². The number of aryl methyl sites for hydroxylation is 2. The summed E-state index contributed by atoms with van der Waals surface area (Å²) in [7, 11) is 0. The fourth-order valence-electron chi connectivity index (χ4n) is 2.37. The van der Waals surface area contributed by atoms with Crippen LogP contribution in [0.2, 0.25) is 0 Å². The van der Waals surface area contributed by atoms with Crippen LogP contribution in [0, 0.1) is 13.8 Å². The van der Waals surface area contributed by atoms with Crippen molar-refractivity contribution in [3.05, 3.63) is 69.8 Å². The molecule has 0 saturated heterocycles. The first-order valence-corrected chi connectivity index (χ1v) is 6.50. The highest BCUT2D eigenvalue weighted by Gasteiger charge is 2.04. The summed E-state index contributed by atoms with van der Waals surface area (Å²) >= 11 is 0. The Morgan fingerprint density at radius 3 is 1.48 bits per heavy atom. The molecule has 4 nitrogen and oxygen atoms in total. The van der Waals surface area contributed by atoms with E-state index in [1.54, 1.807) is 38.1 Å². The van der Waals surface area contributed by atoms with Crippen LogP contribution in [0.25, 0.3) is 0 Å². The van der Waals surface area contributed by atoms with Gasteiger partial charge < -0.3 is 19.8 Å². The highest BCUT2D eigenvalue weighted by Crippen LogP contribution is 2.17. The lowest BCUT2D eigenvalue weighted by Crippen LogP contribution is -2.23. The molecule has 2 aromatic carbocycles. The van der Waals surface area contributed by atoms with Crippen LogP contribution in [0.3, 0.4) is 0 Å². The van der Waals surface area contributed by atoms with Gasteiger partial charge in [0.25, 0.3) is 0 Å². The molecule has 2 aromatic rings. The van der Waals surface area contributed by atoms with Crippen LogP contribution in [-0.4, -0.2) is 11.9 Å². The highest BCUT2D eigenvalue weighted by atomic mass is 16.4. The Balaban J connectivity index is 2.26. The van der Waals surface area contributed by atoms with Crippen molar-refractivity contribution >= 4 is 11.9 Å². The van der Waals surface area contributed by atoms with Crippen molar-refractivity contribution in [3.63, 3.8) is 0 Å². The van der Waals surface area contributed by atoms with Crippen LogP contribution in [0.4, 0.5) is 0 Å². The van der Waals surface area contributed by atoms with Crippen molar-refractivity contribution in [1.29, 1.82) is 0 Å². The molecule has 0 amide bonds. The quantitative estimate of drug-likeness (QED) is 0.823. The van der Waals surface area contributed by atoms with Gasteiger partial charge in [-0.15, -0.1) is 0 Å². The molecular formula is C17H14O4-2. The summed E-state index contributed by atoms with van der Waals surface area (Å²) in [6.07, 6.45) is 0.600. The lowest BCUT2D eigenvalue weighted by molar-refractivity contribution is -0.256. The number of hydrogen-bond donors (Lipinski definition) is 0. The van der Waals surface area contributed by atoms with Gasteiger partial charge in [-0.1, -0.05) is 36.4 Å². The third kappa shape index (κ3) is 3.28. The molecule has 4 heteroatoms. The van der Waals surface area contributed by atoms with Gasteiger partial charge in [0.1, 0.15) is 0 Å². The summed E-state index contributed by atoms with van der Waals surface area (Å²) in [6.45, 7) is 3.44. The molecule has 0 fully saturated rings. The van der Waals surface area contributed by atoms with Crippen LogP contribution >= 0.6 is 0 Å². The smallest absolute Gasteiger partial charge is 0.0717 e. The minimum absolute atomic E-state index is 0.183. The zero-order chi connectivity index (χ0) is 15.6. The van der Waals surface area contributed by atoms with Gasteiger partial charge in [-0.25, -0.2) is 0 Å². The van der Waals surface area contributed by atoms with Crippen LogP contribution in [0.15, 0.2) is 36.4 Å². The van der Waals surface area contributed by atoms with Gasteiger partial charge in [-0.2, -0.15) is 0 Å². The monoisotopic (exact) mass is 282 g/mol. The molecule has 0 aliphatic rings. The SMILES string of the molecule is Cc1cc(Cc2ccc(C(=O)[O-])c(C)c2)ccc1C(=O)[O-]. The van der Waals surface area contributed by atoms with Crippen molar-refractivity contribution < 1.29 is 19.8 Å². The average Bonchev–Trinajstić information content (AvgIpc) is 2.37. The number of hydrogen-bond acceptors (Lipinski definition) is 4. The molecule has 0 aliphatic carbocycles. The van der Waals surface area contributed by atoms with E-state index >= 15 is 0 Å². The van der Waals surface area contributed by atoms with E-state index in [1.807, 2.05) is 0 Å². The first-order valence-electron chi connectivity index (χ1n) is 6.50. The zero-order valence-electron chi connectivity index (χ0n) is 11.8. The molecule has 0 bridgehead atoms. The van der Waals surface area contributed by atoms with Crippen molar-refractivity contribution in [2.75, 3.05) is 0 Å². The Morgan fingerprint density at radius 1 is 0.810 bits per heavy atom. The van der Waals surface area contributed by atoms with Gasteiger partial charge in [-0.05, 0) is 42.5 Å². The van der Waals surface area contributed by atoms with Crippen molar-refractivity contribution in [2.24, 2.45) is 0 Å². The predicted octanol–water partition coefficient (Wildman–Crippen LogP) is 0.621. The molecule has 0 aliphatic heterocycles. The summed E-state index contributed by atoms with van der Waals surface area (Å²) in [5.41, 5.74) is 3.58. The van der Waals surface area contributed by atoms with E-state index in [0.29, 0.717) is 17.5 Å². The molecule has 0 saturated carbocycles. The summed E-state index contributed by atoms with van der Waals surface area (Å²) in [5, 5.41) is 21.7. The van der Waals surface area contributed by atoms with Crippen LogP contribution in [0.1, 0.15) is 43.0 Å². The summed E-state index contributed by atoms with van der Waals surface area (Å²) in [5.74, 6) is -2.37. The second kappa shape index (κ2) is 5.79. The van der Waals surface area contributed by atoms with Gasteiger partial charge in [0.05, 0.1) is 11.9 Å². The van der Waals surface area contributed by atoms with Gasteiger partial charge in [0.2, 0.25) is 0 Å². The predicted molar refractivity (Wildman–Crippen MR) is 73.8 cm³/mol. The molecule has 0 unspecified atom stereocenters.